The summed E-state index contributed by atoms with van der Waals surface area (Å²) in [4.78, 5) is 74.6. The maximum absolute atomic E-state index is 13.8. The molecule has 300 valence electrons. The topological polar surface area (TPSA) is 296 Å². The second kappa shape index (κ2) is 20.1. The Morgan fingerprint density at radius 3 is 1.43 bits per heavy atom. The largest absolute Gasteiger partial charge is 0.458 e. The number of esters is 5. The minimum Gasteiger partial charge on any atom is -0.458 e. The Kier molecular flexibility index (Phi) is 14.6. The van der Waals surface area contributed by atoms with E-state index in [1.165, 1.54) is 36.4 Å². The predicted molar refractivity (Wildman–Crippen MR) is 196 cm³/mol. The molecule has 0 amide bonds. The number of carbonyl (C=O) groups excluding carboxylic acids is 5. The molecule has 21 nitrogen and oxygen atoms in total. The minimum absolute atomic E-state index is 0.0259. The van der Waals surface area contributed by atoms with Gasteiger partial charge < -0.3 is 33.2 Å². The van der Waals surface area contributed by atoms with Crippen molar-refractivity contribution in [3.8, 4) is 0 Å². The highest BCUT2D eigenvalue weighted by Gasteiger charge is 2.56. The van der Waals surface area contributed by atoms with Crippen LogP contribution in [0.25, 0.3) is 31.3 Å². The first-order valence-electron chi connectivity index (χ1n) is 17.6. The quantitative estimate of drug-likeness (QED) is 0.0623. The van der Waals surface area contributed by atoms with Gasteiger partial charge in [-0.2, -0.15) is 0 Å². The van der Waals surface area contributed by atoms with Crippen molar-refractivity contribution >= 4 is 29.8 Å². The number of nitrogens with zero attached hydrogens (tertiary/aromatic N) is 9. The molecule has 1 saturated heterocycles. The van der Waals surface area contributed by atoms with Crippen molar-refractivity contribution in [2.75, 3.05) is 6.54 Å². The van der Waals surface area contributed by atoms with Gasteiger partial charge in [-0.25, -0.2) is 14.4 Å². The van der Waals surface area contributed by atoms with E-state index in [1.54, 1.807) is 54.6 Å². The van der Waals surface area contributed by atoms with Crippen LogP contribution >= 0.6 is 0 Å². The SMILES string of the molecule is CC(=O)O[C@@H]1[C@@H](OC(C)=O)[C@H](N=[N+]=[N-])C[C@H](N=[N+]=[N-])[C@H]1O[C@@H]1O[C@H](CN=[N+]=[N-])[C@@H](OC(=O)c2ccccc2)[C@H](OC(=O)c2ccccc2)[C@H]1OC(=O)c1ccccc1. The van der Waals surface area contributed by atoms with Crippen LogP contribution in [0, 0.1) is 0 Å². The molecular weight excluding hydrogens is 762 g/mol. The third-order valence-electron chi connectivity index (χ3n) is 8.86. The Morgan fingerprint density at radius 2 is 0.983 bits per heavy atom. The molecule has 21 heteroatoms. The van der Waals surface area contributed by atoms with Crippen molar-refractivity contribution in [2.45, 2.75) is 81.4 Å². The molecule has 0 aromatic heterocycles. The van der Waals surface area contributed by atoms with E-state index < -0.39 is 97.5 Å². The van der Waals surface area contributed by atoms with Gasteiger partial charge in [0.05, 0.1) is 35.3 Å². The molecule has 0 radical (unpaired) electrons. The van der Waals surface area contributed by atoms with Crippen LogP contribution < -0.4 is 0 Å². The molecule has 1 saturated carbocycles. The number of ether oxygens (including phenoxy) is 7. The highest BCUT2D eigenvalue weighted by Crippen LogP contribution is 2.37. The molecule has 3 aromatic carbocycles. The summed E-state index contributed by atoms with van der Waals surface area (Å²) in [6.07, 6.45) is -13.8. The summed E-state index contributed by atoms with van der Waals surface area (Å²) in [7, 11) is 0. The van der Waals surface area contributed by atoms with E-state index in [0.29, 0.717) is 0 Å². The van der Waals surface area contributed by atoms with Crippen molar-refractivity contribution in [3.05, 3.63) is 139 Å². The third kappa shape index (κ3) is 10.6. The molecule has 1 aliphatic heterocycles. The molecule has 1 heterocycles. The van der Waals surface area contributed by atoms with Crippen LogP contribution in [0.2, 0.25) is 0 Å². The molecule has 0 N–H and O–H groups in total. The molecule has 1 aliphatic carbocycles. The lowest BCUT2D eigenvalue weighted by atomic mass is 9.84. The normalized spacial score (nSPS) is 26.1. The molecule has 2 aliphatic rings. The Hall–Kier alpha value is -7.14. The summed E-state index contributed by atoms with van der Waals surface area (Å²) >= 11 is 0. The average Bonchev–Trinajstić information content (AvgIpc) is 3.22. The molecule has 58 heavy (non-hydrogen) atoms. The Balaban J connectivity index is 1.67. The van der Waals surface area contributed by atoms with Crippen molar-refractivity contribution < 1.29 is 57.1 Å². The number of hydrogen-bond donors (Lipinski definition) is 0. The summed E-state index contributed by atoms with van der Waals surface area (Å²) in [6, 6.07) is 20.4. The van der Waals surface area contributed by atoms with Gasteiger partial charge in [0.1, 0.15) is 18.3 Å². The highest BCUT2D eigenvalue weighted by atomic mass is 16.7. The fourth-order valence-electron chi connectivity index (χ4n) is 6.44. The third-order valence-corrected chi connectivity index (χ3v) is 8.86. The summed E-state index contributed by atoms with van der Waals surface area (Å²) in [5.41, 5.74) is 28.4. The number of rotatable bonds is 14. The zero-order valence-corrected chi connectivity index (χ0v) is 30.8. The lowest BCUT2D eigenvalue weighted by molar-refractivity contribution is -0.316. The monoisotopic (exact) mass is 797 g/mol. The van der Waals surface area contributed by atoms with E-state index in [1.807, 2.05) is 0 Å². The van der Waals surface area contributed by atoms with Crippen LogP contribution in [0.5, 0.6) is 0 Å². The smallest absolute Gasteiger partial charge is 0.338 e. The molecule has 2 fully saturated rings. The molecular formula is C37H35N9O12. The Morgan fingerprint density at radius 1 is 0.569 bits per heavy atom. The summed E-state index contributed by atoms with van der Waals surface area (Å²) < 4.78 is 41.7. The fourth-order valence-corrected chi connectivity index (χ4v) is 6.44. The van der Waals surface area contributed by atoms with Gasteiger partial charge in [-0.15, -0.1) is 0 Å². The van der Waals surface area contributed by atoms with Crippen LogP contribution in [0.15, 0.2) is 106 Å². The number of azide groups is 3. The van der Waals surface area contributed by atoms with E-state index in [4.69, 9.17) is 33.2 Å². The van der Waals surface area contributed by atoms with Gasteiger partial charge in [-0.05, 0) is 59.4 Å². The highest BCUT2D eigenvalue weighted by molar-refractivity contribution is 5.91. The van der Waals surface area contributed by atoms with Crippen LogP contribution in [0.1, 0.15) is 51.3 Å². The summed E-state index contributed by atoms with van der Waals surface area (Å²) in [5, 5.41) is 11.1. The minimum atomic E-state index is -1.90. The van der Waals surface area contributed by atoms with Crippen LogP contribution in [0.4, 0.5) is 0 Å². The average molecular weight is 798 g/mol. The molecule has 0 spiro atoms. The summed E-state index contributed by atoms with van der Waals surface area (Å²) in [6.45, 7) is 1.51. The standard InChI is InChI=1S/C37H35N9O12/c1-20(47)52-28-25(42-45-39)18-26(43-46-40)29(31(28)53-21(2)48)58-37-33(57-36(51)24-16-10-5-11-17-24)32(56-35(50)23-14-8-4-9-15-23)30(27(54-37)19-41-44-38)55-34(49)22-12-6-3-7-13-22/h3-17,25-33,37H,18-19H2,1-2H3/t25-,26+,27-,28+,29-,30-,31-,32+,33-,37+/m1/s1. The van der Waals surface area contributed by atoms with Gasteiger partial charge in [0.15, 0.2) is 30.7 Å². The van der Waals surface area contributed by atoms with Gasteiger partial charge in [-0.1, -0.05) is 69.9 Å². The van der Waals surface area contributed by atoms with Gasteiger partial charge in [0.25, 0.3) is 0 Å². The van der Waals surface area contributed by atoms with Gasteiger partial charge >= 0.3 is 29.8 Å². The molecule has 10 atom stereocenters. The maximum atomic E-state index is 13.8. The van der Waals surface area contributed by atoms with Crippen molar-refractivity contribution in [2.24, 2.45) is 15.3 Å². The van der Waals surface area contributed by atoms with Gasteiger partial charge in [0, 0.05) is 28.6 Å². The Bertz CT molecular complexity index is 2100. The van der Waals surface area contributed by atoms with Crippen molar-refractivity contribution in [1.29, 1.82) is 0 Å². The first-order chi connectivity index (χ1) is 28.0. The number of benzene rings is 3. The first-order valence-corrected chi connectivity index (χ1v) is 17.6. The second-order valence-corrected chi connectivity index (χ2v) is 12.7. The zero-order chi connectivity index (χ0) is 41.6. The predicted octanol–water partition coefficient (Wildman–Crippen LogP) is 5.71. The zero-order valence-electron chi connectivity index (χ0n) is 30.8. The molecule has 0 unspecified atom stereocenters. The second-order valence-electron chi connectivity index (χ2n) is 12.7. The first kappa shape index (κ1) is 42.0. The van der Waals surface area contributed by atoms with Gasteiger partial charge in [0.2, 0.25) is 0 Å². The van der Waals surface area contributed by atoms with Crippen LogP contribution in [-0.4, -0.2) is 97.5 Å². The van der Waals surface area contributed by atoms with E-state index >= 15 is 0 Å². The molecule has 5 rings (SSSR count). The maximum Gasteiger partial charge on any atom is 0.338 e. The van der Waals surface area contributed by atoms with Crippen molar-refractivity contribution in [3.63, 3.8) is 0 Å². The number of carbonyl (C=O) groups is 5. The van der Waals surface area contributed by atoms with Gasteiger partial charge in [-0.3, -0.25) is 9.59 Å². The van der Waals surface area contributed by atoms with E-state index in [-0.39, 0.29) is 23.1 Å². The van der Waals surface area contributed by atoms with Crippen LogP contribution in [0.3, 0.4) is 0 Å². The van der Waals surface area contributed by atoms with E-state index in [0.717, 1.165) is 13.8 Å². The van der Waals surface area contributed by atoms with E-state index in [9.17, 15) is 40.6 Å². The van der Waals surface area contributed by atoms with Crippen LogP contribution in [-0.2, 0) is 42.7 Å². The molecule has 0 bridgehead atoms. The van der Waals surface area contributed by atoms with E-state index in [2.05, 4.69) is 30.1 Å². The lowest BCUT2D eigenvalue weighted by Gasteiger charge is -2.48. The number of hydrogen-bond acceptors (Lipinski definition) is 15. The lowest BCUT2D eigenvalue weighted by Crippen LogP contribution is -2.65. The fraction of sp³-hybridized carbons (Fsp3) is 0.378. The molecule has 3 aromatic rings. The summed E-state index contributed by atoms with van der Waals surface area (Å²) in [5.74, 6) is -4.66. The van der Waals surface area contributed by atoms with Crippen molar-refractivity contribution in [1.82, 2.24) is 0 Å². The Labute approximate surface area is 328 Å².